The summed E-state index contributed by atoms with van der Waals surface area (Å²) in [5, 5.41) is 13.5. The van der Waals surface area contributed by atoms with Crippen LogP contribution in [0.4, 0.5) is 0 Å². The van der Waals surface area contributed by atoms with Crippen molar-refractivity contribution in [3.05, 3.63) is 65.7 Å². The van der Waals surface area contributed by atoms with Crippen LogP contribution in [0.3, 0.4) is 0 Å². The number of aliphatic hydroxyl groups is 1. The first kappa shape index (κ1) is 21.3. The summed E-state index contributed by atoms with van der Waals surface area (Å²) in [4.78, 5) is 14.4. The van der Waals surface area contributed by atoms with Crippen molar-refractivity contribution >= 4 is 5.91 Å². The molecule has 0 radical (unpaired) electrons. The van der Waals surface area contributed by atoms with Crippen LogP contribution in [-0.2, 0) is 4.79 Å². The van der Waals surface area contributed by atoms with E-state index in [-0.39, 0.29) is 11.8 Å². The van der Waals surface area contributed by atoms with Crippen molar-refractivity contribution in [2.24, 2.45) is 5.92 Å². The fraction of sp³-hybridized carbons (Fsp3) is 0.458. The van der Waals surface area contributed by atoms with Gasteiger partial charge in [-0.1, -0.05) is 42.5 Å². The van der Waals surface area contributed by atoms with Crippen LogP contribution in [0.15, 0.2) is 54.6 Å². The Balaban J connectivity index is 1.29. The van der Waals surface area contributed by atoms with Crippen LogP contribution < -0.4 is 10.1 Å². The highest BCUT2D eigenvalue weighted by atomic mass is 16.5. The zero-order chi connectivity index (χ0) is 20.5. The second kappa shape index (κ2) is 11.0. The number of piperidine rings is 1. The SMILES string of the molecule is Cc1cccc(OCCCNC(=O)CN2CCC(C(O)c3ccccc3)CC2)c1. The number of nitrogens with one attached hydrogen (secondary N) is 1. The van der Waals surface area contributed by atoms with E-state index in [1.807, 2.05) is 61.5 Å². The van der Waals surface area contributed by atoms with Gasteiger partial charge in [-0.3, -0.25) is 9.69 Å². The van der Waals surface area contributed by atoms with Crippen molar-refractivity contribution in [3.8, 4) is 5.75 Å². The lowest BCUT2D eigenvalue weighted by molar-refractivity contribution is -0.122. The maximum atomic E-state index is 12.2. The van der Waals surface area contributed by atoms with Crippen molar-refractivity contribution in [2.75, 3.05) is 32.8 Å². The fourth-order valence-electron chi connectivity index (χ4n) is 3.80. The number of rotatable bonds is 9. The van der Waals surface area contributed by atoms with E-state index in [0.717, 1.165) is 43.7 Å². The summed E-state index contributed by atoms with van der Waals surface area (Å²) in [6.07, 6.45) is 2.19. The van der Waals surface area contributed by atoms with E-state index < -0.39 is 6.10 Å². The van der Waals surface area contributed by atoms with Gasteiger partial charge in [-0.25, -0.2) is 0 Å². The molecule has 1 unspecified atom stereocenters. The van der Waals surface area contributed by atoms with Gasteiger partial charge in [0.15, 0.2) is 0 Å². The van der Waals surface area contributed by atoms with Gasteiger partial charge >= 0.3 is 0 Å². The van der Waals surface area contributed by atoms with Crippen molar-refractivity contribution in [2.45, 2.75) is 32.3 Å². The lowest BCUT2D eigenvalue weighted by atomic mass is 9.87. The maximum absolute atomic E-state index is 12.2. The molecule has 1 aliphatic heterocycles. The van der Waals surface area contributed by atoms with E-state index in [2.05, 4.69) is 10.2 Å². The molecular weight excluding hydrogens is 364 g/mol. The van der Waals surface area contributed by atoms with Crippen molar-refractivity contribution in [1.82, 2.24) is 10.2 Å². The number of benzene rings is 2. The quantitative estimate of drug-likeness (QED) is 0.639. The summed E-state index contributed by atoms with van der Waals surface area (Å²) < 4.78 is 5.70. The molecule has 29 heavy (non-hydrogen) atoms. The number of ether oxygens (including phenoxy) is 1. The van der Waals surface area contributed by atoms with E-state index >= 15 is 0 Å². The molecule has 2 aromatic rings. The Kier molecular flexibility index (Phi) is 8.08. The van der Waals surface area contributed by atoms with Crippen LogP contribution >= 0.6 is 0 Å². The minimum Gasteiger partial charge on any atom is -0.494 e. The van der Waals surface area contributed by atoms with Crippen LogP contribution in [0.25, 0.3) is 0 Å². The summed E-state index contributed by atoms with van der Waals surface area (Å²) in [5.41, 5.74) is 2.16. The van der Waals surface area contributed by atoms with Gasteiger partial charge in [0.25, 0.3) is 0 Å². The Morgan fingerprint density at radius 3 is 2.66 bits per heavy atom. The molecular formula is C24H32N2O3. The summed E-state index contributed by atoms with van der Waals surface area (Å²) in [6, 6.07) is 17.8. The minimum atomic E-state index is -0.416. The summed E-state index contributed by atoms with van der Waals surface area (Å²) >= 11 is 0. The molecule has 2 N–H and O–H groups in total. The molecule has 1 aliphatic rings. The maximum Gasteiger partial charge on any atom is 0.234 e. The highest BCUT2D eigenvalue weighted by Crippen LogP contribution is 2.30. The van der Waals surface area contributed by atoms with Gasteiger partial charge in [-0.2, -0.15) is 0 Å². The van der Waals surface area contributed by atoms with E-state index in [1.54, 1.807) is 0 Å². The predicted molar refractivity (Wildman–Crippen MR) is 115 cm³/mol. The molecule has 0 saturated carbocycles. The number of carbonyl (C=O) groups is 1. The van der Waals surface area contributed by atoms with Gasteiger partial charge in [-0.15, -0.1) is 0 Å². The molecule has 1 heterocycles. The molecule has 1 atom stereocenters. The number of carbonyl (C=O) groups excluding carboxylic acids is 1. The molecule has 0 bridgehead atoms. The number of likely N-dealkylation sites (tertiary alicyclic amines) is 1. The number of aliphatic hydroxyl groups excluding tert-OH is 1. The van der Waals surface area contributed by atoms with Gasteiger partial charge < -0.3 is 15.2 Å². The number of aryl methyl sites for hydroxylation is 1. The first-order chi connectivity index (χ1) is 14.1. The number of nitrogens with zero attached hydrogens (tertiary/aromatic N) is 1. The molecule has 2 aromatic carbocycles. The Labute approximate surface area is 173 Å². The van der Waals surface area contributed by atoms with Gasteiger partial charge in [0, 0.05) is 6.54 Å². The average Bonchev–Trinajstić information content (AvgIpc) is 2.74. The third kappa shape index (κ3) is 6.87. The third-order valence-electron chi connectivity index (χ3n) is 5.49. The fourth-order valence-corrected chi connectivity index (χ4v) is 3.80. The van der Waals surface area contributed by atoms with Gasteiger partial charge in [-0.05, 0) is 68.5 Å². The highest BCUT2D eigenvalue weighted by Gasteiger charge is 2.26. The summed E-state index contributed by atoms with van der Waals surface area (Å²) in [7, 11) is 0. The standard InChI is InChI=1S/C24H32N2O3/c1-19-7-5-10-22(17-19)29-16-6-13-25-23(27)18-26-14-11-21(12-15-26)24(28)20-8-3-2-4-9-20/h2-5,7-10,17,21,24,28H,6,11-16,18H2,1H3,(H,25,27). The molecule has 0 aliphatic carbocycles. The molecule has 0 spiro atoms. The molecule has 1 amide bonds. The van der Waals surface area contributed by atoms with Crippen molar-refractivity contribution in [3.63, 3.8) is 0 Å². The second-order valence-electron chi connectivity index (χ2n) is 7.84. The lowest BCUT2D eigenvalue weighted by Crippen LogP contribution is -2.42. The molecule has 5 nitrogen and oxygen atoms in total. The van der Waals surface area contributed by atoms with Crippen LogP contribution in [-0.4, -0.2) is 48.7 Å². The van der Waals surface area contributed by atoms with E-state index in [0.29, 0.717) is 19.7 Å². The van der Waals surface area contributed by atoms with Crippen LogP contribution in [0.2, 0.25) is 0 Å². The molecule has 5 heteroatoms. The Bertz CT molecular complexity index is 758. The van der Waals surface area contributed by atoms with Gasteiger partial charge in [0.1, 0.15) is 5.75 Å². The first-order valence-corrected chi connectivity index (χ1v) is 10.5. The Hall–Kier alpha value is -2.37. The predicted octanol–water partition coefficient (Wildman–Crippen LogP) is 3.33. The zero-order valence-corrected chi connectivity index (χ0v) is 17.2. The topological polar surface area (TPSA) is 61.8 Å². The van der Waals surface area contributed by atoms with Crippen molar-refractivity contribution in [1.29, 1.82) is 0 Å². The van der Waals surface area contributed by atoms with E-state index in [4.69, 9.17) is 4.74 Å². The normalized spacial score (nSPS) is 16.3. The first-order valence-electron chi connectivity index (χ1n) is 10.5. The van der Waals surface area contributed by atoms with E-state index in [9.17, 15) is 9.90 Å². The Morgan fingerprint density at radius 2 is 1.93 bits per heavy atom. The smallest absolute Gasteiger partial charge is 0.234 e. The van der Waals surface area contributed by atoms with Crippen molar-refractivity contribution < 1.29 is 14.6 Å². The average molecular weight is 397 g/mol. The third-order valence-corrected chi connectivity index (χ3v) is 5.49. The largest absolute Gasteiger partial charge is 0.494 e. The molecule has 0 aromatic heterocycles. The summed E-state index contributed by atoms with van der Waals surface area (Å²) in [5.74, 6) is 1.19. The Morgan fingerprint density at radius 1 is 1.17 bits per heavy atom. The second-order valence-corrected chi connectivity index (χ2v) is 7.84. The molecule has 1 fully saturated rings. The van der Waals surface area contributed by atoms with Crippen LogP contribution in [0.5, 0.6) is 5.75 Å². The van der Waals surface area contributed by atoms with Gasteiger partial charge in [0.2, 0.25) is 5.91 Å². The summed E-state index contributed by atoms with van der Waals surface area (Å²) in [6.45, 7) is 5.36. The lowest BCUT2D eigenvalue weighted by Gasteiger charge is -2.34. The number of hydrogen-bond acceptors (Lipinski definition) is 4. The highest BCUT2D eigenvalue weighted by molar-refractivity contribution is 5.77. The van der Waals surface area contributed by atoms with Crippen LogP contribution in [0.1, 0.15) is 36.5 Å². The minimum absolute atomic E-state index is 0.0580. The molecule has 1 saturated heterocycles. The zero-order valence-electron chi connectivity index (χ0n) is 17.2. The number of hydrogen-bond donors (Lipinski definition) is 2. The monoisotopic (exact) mass is 396 g/mol. The van der Waals surface area contributed by atoms with Crippen LogP contribution in [0, 0.1) is 12.8 Å². The molecule has 3 rings (SSSR count). The van der Waals surface area contributed by atoms with E-state index in [1.165, 1.54) is 5.56 Å². The number of amides is 1. The molecule has 156 valence electrons. The van der Waals surface area contributed by atoms with Gasteiger partial charge in [0.05, 0.1) is 19.3 Å².